The van der Waals surface area contributed by atoms with Gasteiger partial charge in [0.2, 0.25) is 5.89 Å². The highest BCUT2D eigenvalue weighted by atomic mass is 19.4. The lowest BCUT2D eigenvalue weighted by Crippen LogP contribution is -2.36. The number of halogens is 4. The molecule has 170 valence electrons. The van der Waals surface area contributed by atoms with Crippen LogP contribution in [0.5, 0.6) is 0 Å². The Kier molecular flexibility index (Phi) is 7.26. The zero-order valence-electron chi connectivity index (χ0n) is 16.8. The molecule has 0 aliphatic carbocycles. The Morgan fingerprint density at radius 2 is 1.90 bits per heavy atom. The van der Waals surface area contributed by atoms with Crippen LogP contribution in [0.1, 0.15) is 17.3 Å². The molecule has 2 aliphatic rings. The van der Waals surface area contributed by atoms with Crippen molar-refractivity contribution in [1.82, 2.24) is 15.0 Å². The van der Waals surface area contributed by atoms with Gasteiger partial charge < -0.3 is 14.4 Å². The van der Waals surface area contributed by atoms with E-state index in [0.717, 1.165) is 44.8 Å². The van der Waals surface area contributed by atoms with Gasteiger partial charge in [-0.1, -0.05) is 17.3 Å². The van der Waals surface area contributed by atoms with Gasteiger partial charge in [-0.15, -0.1) is 0 Å². The van der Waals surface area contributed by atoms with Gasteiger partial charge in [-0.25, -0.2) is 9.18 Å². The van der Waals surface area contributed by atoms with Crippen LogP contribution in [0.15, 0.2) is 28.8 Å². The fraction of sp³-hybridized carbons (Fsp3) is 0.550. The van der Waals surface area contributed by atoms with Crippen molar-refractivity contribution in [1.29, 1.82) is 0 Å². The standard InChI is InChI=1S/C18H22FN3O2.C2HF3O2/c1-12-20-18(24-21-12)6-14-10-23-11-15-8-22(9-17(14)15)7-13-2-4-16(19)5-3-13;3-2(4,5)1(6)7/h2-5,14-15,17H,6-11H2,1H3;(H,6,7)/t14-,15-,17+;/m1./s1. The van der Waals surface area contributed by atoms with Crippen molar-refractivity contribution in [2.75, 3.05) is 26.3 Å². The molecule has 3 atom stereocenters. The highest BCUT2D eigenvalue weighted by molar-refractivity contribution is 5.73. The number of carboxylic acid groups (broad SMARTS) is 1. The van der Waals surface area contributed by atoms with Gasteiger partial charge in [-0.2, -0.15) is 18.2 Å². The van der Waals surface area contributed by atoms with E-state index >= 15 is 0 Å². The topological polar surface area (TPSA) is 88.7 Å². The fourth-order valence-electron chi connectivity index (χ4n) is 4.03. The molecule has 1 aromatic heterocycles. The van der Waals surface area contributed by atoms with E-state index in [1.807, 2.05) is 19.1 Å². The Morgan fingerprint density at radius 1 is 1.23 bits per heavy atom. The SMILES string of the molecule is Cc1noc(C[C@@H]2COC[C@H]3CN(Cc4ccc(F)cc4)C[C@@H]23)n1.O=C(O)C(F)(F)F. The lowest BCUT2D eigenvalue weighted by molar-refractivity contribution is -0.192. The molecule has 7 nitrogen and oxygen atoms in total. The summed E-state index contributed by atoms with van der Waals surface area (Å²) in [5, 5.41) is 11.0. The van der Waals surface area contributed by atoms with E-state index in [-0.39, 0.29) is 5.82 Å². The summed E-state index contributed by atoms with van der Waals surface area (Å²) in [4.78, 5) is 15.7. The van der Waals surface area contributed by atoms with E-state index in [1.54, 1.807) is 0 Å². The van der Waals surface area contributed by atoms with Crippen LogP contribution < -0.4 is 0 Å². The lowest BCUT2D eigenvalue weighted by Gasteiger charge is -2.32. The van der Waals surface area contributed by atoms with Crippen LogP contribution in [-0.2, 0) is 22.5 Å². The smallest absolute Gasteiger partial charge is 0.475 e. The predicted molar refractivity (Wildman–Crippen MR) is 99.4 cm³/mol. The summed E-state index contributed by atoms with van der Waals surface area (Å²) >= 11 is 0. The molecular weight excluding hydrogens is 422 g/mol. The first kappa shape index (κ1) is 23.1. The summed E-state index contributed by atoms with van der Waals surface area (Å²) < 4.78 is 55.9. The first-order valence-corrected chi connectivity index (χ1v) is 9.75. The van der Waals surface area contributed by atoms with Gasteiger partial charge in [0, 0.05) is 26.1 Å². The fourth-order valence-corrected chi connectivity index (χ4v) is 4.03. The van der Waals surface area contributed by atoms with E-state index in [2.05, 4.69) is 15.0 Å². The number of benzene rings is 1. The summed E-state index contributed by atoms with van der Waals surface area (Å²) in [7, 11) is 0. The number of aryl methyl sites for hydroxylation is 1. The minimum atomic E-state index is -5.08. The first-order chi connectivity index (χ1) is 14.6. The number of aliphatic carboxylic acids is 1. The Labute approximate surface area is 176 Å². The molecule has 4 rings (SSSR count). The number of hydrogen-bond donors (Lipinski definition) is 1. The van der Waals surface area contributed by atoms with E-state index < -0.39 is 12.1 Å². The first-order valence-electron chi connectivity index (χ1n) is 9.75. The molecule has 1 N–H and O–H groups in total. The maximum absolute atomic E-state index is 13.1. The average Bonchev–Trinajstić information content (AvgIpc) is 3.29. The molecule has 0 amide bonds. The molecule has 2 fully saturated rings. The molecule has 0 bridgehead atoms. The number of rotatable bonds is 4. The van der Waals surface area contributed by atoms with Crippen LogP contribution in [0, 0.1) is 30.5 Å². The van der Waals surface area contributed by atoms with Gasteiger partial charge in [0.1, 0.15) is 5.82 Å². The van der Waals surface area contributed by atoms with Gasteiger partial charge >= 0.3 is 12.1 Å². The van der Waals surface area contributed by atoms with Gasteiger partial charge in [-0.3, -0.25) is 4.90 Å². The van der Waals surface area contributed by atoms with Crippen LogP contribution in [0.4, 0.5) is 17.6 Å². The van der Waals surface area contributed by atoms with E-state index in [9.17, 15) is 17.6 Å². The number of aromatic nitrogens is 2. The molecule has 0 spiro atoms. The molecular formula is C20H23F4N3O4. The second-order valence-electron chi connectivity index (χ2n) is 7.78. The largest absolute Gasteiger partial charge is 0.490 e. The number of likely N-dealkylation sites (tertiary alicyclic amines) is 1. The monoisotopic (exact) mass is 445 g/mol. The number of ether oxygens (including phenoxy) is 1. The Hall–Kier alpha value is -2.53. The minimum Gasteiger partial charge on any atom is -0.475 e. The zero-order valence-corrected chi connectivity index (χ0v) is 16.8. The number of fused-ring (bicyclic) bond motifs is 1. The van der Waals surface area contributed by atoms with E-state index in [1.165, 1.54) is 12.1 Å². The molecule has 2 aliphatic heterocycles. The van der Waals surface area contributed by atoms with Crippen LogP contribution >= 0.6 is 0 Å². The van der Waals surface area contributed by atoms with Crippen molar-refractivity contribution in [2.24, 2.45) is 17.8 Å². The van der Waals surface area contributed by atoms with Gasteiger partial charge in [0.25, 0.3) is 0 Å². The van der Waals surface area contributed by atoms with Gasteiger partial charge in [0.15, 0.2) is 5.82 Å². The zero-order chi connectivity index (χ0) is 22.6. The third-order valence-electron chi connectivity index (χ3n) is 5.40. The molecule has 0 radical (unpaired) electrons. The third-order valence-corrected chi connectivity index (χ3v) is 5.40. The number of hydrogen-bond acceptors (Lipinski definition) is 6. The second kappa shape index (κ2) is 9.73. The van der Waals surface area contributed by atoms with Crippen LogP contribution in [-0.4, -0.2) is 58.6 Å². The number of carboxylic acids is 1. The number of alkyl halides is 3. The molecule has 0 unspecified atom stereocenters. The van der Waals surface area contributed by atoms with Crippen molar-refractivity contribution in [3.63, 3.8) is 0 Å². The lowest BCUT2D eigenvalue weighted by atomic mass is 9.81. The summed E-state index contributed by atoms with van der Waals surface area (Å²) in [5.41, 5.74) is 1.15. The Balaban J connectivity index is 0.000000339. The Morgan fingerprint density at radius 3 is 2.48 bits per heavy atom. The van der Waals surface area contributed by atoms with E-state index in [4.69, 9.17) is 19.2 Å². The Bertz CT molecular complexity index is 872. The molecule has 2 aromatic rings. The van der Waals surface area contributed by atoms with Crippen molar-refractivity contribution in [3.8, 4) is 0 Å². The summed E-state index contributed by atoms with van der Waals surface area (Å²) in [6.45, 7) is 6.36. The van der Waals surface area contributed by atoms with Crippen molar-refractivity contribution < 1.29 is 36.7 Å². The van der Waals surface area contributed by atoms with Crippen LogP contribution in [0.3, 0.4) is 0 Å². The average molecular weight is 445 g/mol. The molecule has 1 aromatic carbocycles. The van der Waals surface area contributed by atoms with E-state index in [0.29, 0.717) is 29.5 Å². The van der Waals surface area contributed by atoms with Crippen molar-refractivity contribution in [2.45, 2.75) is 26.1 Å². The van der Waals surface area contributed by atoms with Gasteiger partial charge in [0.05, 0.1) is 13.2 Å². The quantitative estimate of drug-likeness (QED) is 0.724. The summed E-state index contributed by atoms with van der Waals surface area (Å²) in [6, 6.07) is 6.80. The summed E-state index contributed by atoms with van der Waals surface area (Å²) in [6.07, 6.45) is -4.30. The maximum Gasteiger partial charge on any atom is 0.490 e. The van der Waals surface area contributed by atoms with Crippen molar-refractivity contribution >= 4 is 5.97 Å². The van der Waals surface area contributed by atoms with Gasteiger partial charge in [-0.05, 0) is 42.4 Å². The second-order valence-corrected chi connectivity index (χ2v) is 7.78. The number of nitrogens with zero attached hydrogens (tertiary/aromatic N) is 3. The maximum atomic E-state index is 13.1. The molecule has 3 heterocycles. The summed E-state index contributed by atoms with van der Waals surface area (Å²) in [5.74, 6) is 0.00691. The minimum absolute atomic E-state index is 0.183. The number of carbonyl (C=O) groups is 1. The third kappa shape index (κ3) is 6.47. The van der Waals surface area contributed by atoms with Crippen molar-refractivity contribution in [3.05, 3.63) is 47.4 Å². The predicted octanol–water partition coefficient (Wildman–Crippen LogP) is 3.09. The normalized spacial score (nSPS) is 23.7. The molecule has 0 saturated carbocycles. The highest BCUT2D eigenvalue weighted by Gasteiger charge is 2.41. The molecule has 11 heteroatoms. The van der Waals surface area contributed by atoms with Crippen LogP contribution in [0.25, 0.3) is 0 Å². The molecule has 2 saturated heterocycles. The molecule has 31 heavy (non-hydrogen) atoms. The highest BCUT2D eigenvalue weighted by Crippen LogP contribution is 2.36. The van der Waals surface area contributed by atoms with Crippen LogP contribution in [0.2, 0.25) is 0 Å².